The molecule has 0 saturated carbocycles. The maximum Gasteiger partial charge on any atom is 0.315 e. The lowest BCUT2D eigenvalue weighted by Crippen LogP contribution is -2.46. The zero-order valence-electron chi connectivity index (χ0n) is 23.5. The molecule has 0 aromatic rings. The fraction of sp³-hybridized carbons (Fsp3) is 0.800. The van der Waals surface area contributed by atoms with Gasteiger partial charge in [0.2, 0.25) is 11.8 Å². The van der Waals surface area contributed by atoms with Gasteiger partial charge in [0, 0.05) is 19.5 Å². The third-order valence-corrected chi connectivity index (χ3v) is 5.07. The third kappa shape index (κ3) is 14.9. The molecule has 12 heteroatoms. The summed E-state index contributed by atoms with van der Waals surface area (Å²) >= 11 is 0. The maximum atomic E-state index is 12.5. The minimum Gasteiger partial charge on any atom is -0.465 e. The summed E-state index contributed by atoms with van der Waals surface area (Å²) in [6.07, 6.45) is 0.123. The average Bonchev–Trinajstić information content (AvgIpc) is 2.77. The standard InChI is InChI=1S/C25H45N2O9P/c1-9-26-18(28)10-11-27-19(29)12-33-13-25(14-34-20(30)17(2)3,15-35-21(31)23(4,5)6)16-36-22(32)24(7,8)37/h17H,9-16,37H2,1-8H3,(H,26,28)(H,27,29). The smallest absolute Gasteiger partial charge is 0.315 e. The quantitative estimate of drug-likeness (QED) is 0.167. The molecule has 0 radical (unpaired) electrons. The van der Waals surface area contributed by atoms with Crippen molar-refractivity contribution in [2.75, 3.05) is 46.1 Å². The van der Waals surface area contributed by atoms with Gasteiger partial charge in [-0.2, -0.15) is 0 Å². The summed E-state index contributed by atoms with van der Waals surface area (Å²) in [5.74, 6) is -2.61. The molecule has 2 atom stereocenters. The molecule has 0 aliphatic carbocycles. The van der Waals surface area contributed by atoms with Gasteiger partial charge < -0.3 is 29.6 Å². The molecule has 0 aliphatic rings. The van der Waals surface area contributed by atoms with E-state index >= 15 is 0 Å². The molecule has 0 fully saturated rings. The fourth-order valence-corrected chi connectivity index (χ4v) is 2.58. The molecule has 0 spiro atoms. The SMILES string of the molecule is CCNC(=O)CCNC(=O)COCC(COC(=O)C(C)C)(COC(=O)C(C)(C)C)COC(=O)C(C)(C)P. The highest BCUT2D eigenvalue weighted by atomic mass is 31.0. The number of carbonyl (C=O) groups is 5. The van der Waals surface area contributed by atoms with Crippen molar-refractivity contribution in [1.29, 1.82) is 0 Å². The Labute approximate surface area is 222 Å². The van der Waals surface area contributed by atoms with Crippen LogP contribution >= 0.6 is 9.24 Å². The summed E-state index contributed by atoms with van der Waals surface area (Å²) in [4.78, 5) is 60.9. The summed E-state index contributed by atoms with van der Waals surface area (Å²) < 4.78 is 22.0. The number of esters is 3. The average molecular weight is 549 g/mol. The predicted molar refractivity (Wildman–Crippen MR) is 141 cm³/mol. The number of amides is 2. The van der Waals surface area contributed by atoms with E-state index < -0.39 is 45.7 Å². The van der Waals surface area contributed by atoms with E-state index in [-0.39, 0.29) is 51.9 Å². The lowest BCUT2D eigenvalue weighted by molar-refractivity contribution is -0.174. The van der Waals surface area contributed by atoms with Gasteiger partial charge in [-0.25, -0.2) is 0 Å². The molecule has 0 aromatic carbocycles. The molecule has 0 saturated heterocycles. The first kappa shape index (κ1) is 34.7. The van der Waals surface area contributed by atoms with Crippen LogP contribution in [0.25, 0.3) is 0 Å². The number of nitrogens with one attached hydrogen (secondary N) is 2. The summed E-state index contributed by atoms with van der Waals surface area (Å²) in [5, 5.41) is 4.33. The van der Waals surface area contributed by atoms with Crippen LogP contribution < -0.4 is 10.6 Å². The number of ether oxygens (including phenoxy) is 4. The Hall–Kier alpha value is -2.26. The molecule has 11 nitrogen and oxygen atoms in total. The molecular formula is C25H45N2O9P. The molecule has 0 heterocycles. The Balaban J connectivity index is 5.55. The monoisotopic (exact) mass is 548 g/mol. The summed E-state index contributed by atoms with van der Waals surface area (Å²) in [7, 11) is 2.38. The first-order valence-electron chi connectivity index (χ1n) is 12.3. The highest BCUT2D eigenvalue weighted by Crippen LogP contribution is 2.26. The van der Waals surface area contributed by atoms with Gasteiger partial charge in [-0.3, -0.25) is 24.0 Å². The number of carbonyl (C=O) groups excluding carboxylic acids is 5. The van der Waals surface area contributed by atoms with Crippen LogP contribution in [-0.2, 0) is 42.9 Å². The predicted octanol–water partition coefficient (Wildman–Crippen LogP) is 1.62. The first-order valence-corrected chi connectivity index (χ1v) is 12.9. The van der Waals surface area contributed by atoms with Crippen LogP contribution in [0.3, 0.4) is 0 Å². The van der Waals surface area contributed by atoms with Crippen LogP contribution in [0.5, 0.6) is 0 Å². The van der Waals surface area contributed by atoms with Crippen molar-refractivity contribution >= 4 is 39.0 Å². The van der Waals surface area contributed by atoms with Crippen molar-refractivity contribution in [2.24, 2.45) is 16.7 Å². The number of rotatable bonds is 16. The van der Waals surface area contributed by atoms with Gasteiger partial charge in [0.05, 0.1) is 28.5 Å². The summed E-state index contributed by atoms with van der Waals surface area (Å²) in [5.41, 5.74) is -2.07. The molecule has 0 aromatic heterocycles. The largest absolute Gasteiger partial charge is 0.465 e. The molecule has 0 bridgehead atoms. The van der Waals surface area contributed by atoms with Crippen LogP contribution in [0.15, 0.2) is 0 Å². The molecule has 2 N–H and O–H groups in total. The highest BCUT2D eigenvalue weighted by molar-refractivity contribution is 7.20. The Morgan fingerprint density at radius 2 is 1.32 bits per heavy atom. The Kier molecular flexibility index (Phi) is 14.9. The zero-order valence-corrected chi connectivity index (χ0v) is 24.6. The van der Waals surface area contributed by atoms with E-state index in [0.717, 1.165) is 0 Å². The van der Waals surface area contributed by atoms with E-state index in [1.807, 2.05) is 0 Å². The molecule has 37 heavy (non-hydrogen) atoms. The van der Waals surface area contributed by atoms with Gasteiger partial charge in [0.15, 0.2) is 0 Å². The van der Waals surface area contributed by atoms with Crippen molar-refractivity contribution in [3.05, 3.63) is 0 Å². The van der Waals surface area contributed by atoms with Crippen molar-refractivity contribution in [3.63, 3.8) is 0 Å². The second-order valence-electron chi connectivity index (χ2n) is 10.9. The topological polar surface area (TPSA) is 146 Å². The Morgan fingerprint density at radius 3 is 1.81 bits per heavy atom. The molecule has 0 aliphatic heterocycles. The van der Waals surface area contributed by atoms with Gasteiger partial charge in [-0.15, -0.1) is 9.24 Å². The minimum atomic E-state index is -1.27. The highest BCUT2D eigenvalue weighted by Gasteiger charge is 2.39. The lowest BCUT2D eigenvalue weighted by atomic mass is 9.91. The first-order chi connectivity index (χ1) is 16.9. The van der Waals surface area contributed by atoms with E-state index in [1.165, 1.54) is 0 Å². The molecule has 2 unspecified atom stereocenters. The minimum absolute atomic E-state index is 0.123. The third-order valence-electron chi connectivity index (χ3n) is 4.84. The van der Waals surface area contributed by atoms with Gasteiger partial charge in [0.25, 0.3) is 0 Å². The Morgan fingerprint density at radius 1 is 0.784 bits per heavy atom. The number of hydrogen-bond acceptors (Lipinski definition) is 9. The normalized spacial score (nSPS) is 13.4. The van der Waals surface area contributed by atoms with Crippen LogP contribution in [0.2, 0.25) is 0 Å². The van der Waals surface area contributed by atoms with Gasteiger partial charge >= 0.3 is 17.9 Å². The van der Waals surface area contributed by atoms with Crippen LogP contribution in [-0.4, -0.2) is 81.0 Å². The molecule has 0 rings (SSSR count). The van der Waals surface area contributed by atoms with Gasteiger partial charge in [-0.05, 0) is 41.5 Å². The van der Waals surface area contributed by atoms with Crippen molar-refractivity contribution in [2.45, 2.75) is 67.0 Å². The van der Waals surface area contributed by atoms with E-state index in [4.69, 9.17) is 18.9 Å². The van der Waals surface area contributed by atoms with Crippen LogP contribution in [0, 0.1) is 16.7 Å². The van der Waals surface area contributed by atoms with E-state index in [2.05, 4.69) is 19.9 Å². The van der Waals surface area contributed by atoms with E-state index in [9.17, 15) is 24.0 Å². The van der Waals surface area contributed by atoms with Crippen LogP contribution in [0.4, 0.5) is 0 Å². The van der Waals surface area contributed by atoms with Crippen molar-refractivity contribution < 1.29 is 42.9 Å². The van der Waals surface area contributed by atoms with Crippen molar-refractivity contribution in [1.82, 2.24) is 10.6 Å². The van der Waals surface area contributed by atoms with E-state index in [0.29, 0.717) is 6.54 Å². The molecule has 214 valence electrons. The summed E-state index contributed by atoms with van der Waals surface area (Å²) in [6, 6.07) is 0. The molecular weight excluding hydrogens is 503 g/mol. The van der Waals surface area contributed by atoms with Gasteiger partial charge in [-0.1, -0.05) is 13.8 Å². The second-order valence-corrected chi connectivity index (χ2v) is 12.4. The van der Waals surface area contributed by atoms with E-state index in [1.54, 1.807) is 55.4 Å². The Bertz CT molecular complexity index is 756. The second kappa shape index (κ2) is 15.9. The summed E-state index contributed by atoms with van der Waals surface area (Å²) in [6.45, 7) is 12.7. The fourth-order valence-electron chi connectivity index (χ4n) is 2.49. The maximum absolute atomic E-state index is 12.5. The molecule has 2 amide bonds. The van der Waals surface area contributed by atoms with Crippen LogP contribution in [0.1, 0.15) is 61.8 Å². The number of hydrogen-bond donors (Lipinski definition) is 2. The van der Waals surface area contributed by atoms with Crippen molar-refractivity contribution in [3.8, 4) is 0 Å². The zero-order chi connectivity index (χ0) is 28.9. The lowest BCUT2D eigenvalue weighted by Gasteiger charge is -2.33. The van der Waals surface area contributed by atoms with Gasteiger partial charge in [0.1, 0.15) is 26.4 Å².